The van der Waals surface area contributed by atoms with Gasteiger partial charge in [0.05, 0.1) is 22.3 Å². The maximum atomic E-state index is 13.3. The summed E-state index contributed by atoms with van der Waals surface area (Å²) in [6.07, 6.45) is -10.8. The normalized spacial score (nSPS) is 22.7. The molecule has 4 aromatic rings. The van der Waals surface area contributed by atoms with Crippen LogP contribution in [-0.2, 0) is 18.9 Å². The van der Waals surface area contributed by atoms with Crippen molar-refractivity contribution in [2.75, 3.05) is 0 Å². The van der Waals surface area contributed by atoms with E-state index in [2.05, 4.69) is 0 Å². The van der Waals surface area contributed by atoms with Crippen LogP contribution in [0.25, 0.3) is 0 Å². The van der Waals surface area contributed by atoms with Crippen LogP contribution in [0.5, 0.6) is 0 Å². The van der Waals surface area contributed by atoms with Gasteiger partial charge in [-0.25, -0.2) is 19.2 Å². The quantitative estimate of drug-likeness (QED) is 0.228. The Morgan fingerprint density at radius 3 is 0.795 bits per heavy atom. The molecule has 0 amide bonds. The Morgan fingerprint density at radius 1 is 0.364 bits per heavy atom. The van der Waals surface area contributed by atoms with Crippen molar-refractivity contribution in [2.24, 2.45) is 0 Å². The molecule has 44 heavy (non-hydrogen) atoms. The molecule has 0 aromatic heterocycles. The molecule has 0 radical (unpaired) electrons. The lowest BCUT2D eigenvalue weighted by Gasteiger charge is -2.45. The summed E-state index contributed by atoms with van der Waals surface area (Å²) < 4.78 is 22.7. The summed E-state index contributed by atoms with van der Waals surface area (Å²) in [4.78, 5) is 52.8. The van der Waals surface area contributed by atoms with Gasteiger partial charge in [-0.3, -0.25) is 0 Å². The van der Waals surface area contributed by atoms with Gasteiger partial charge in [0.2, 0.25) is 0 Å². The molecule has 10 heteroatoms. The molecule has 1 fully saturated rings. The van der Waals surface area contributed by atoms with Gasteiger partial charge in [-0.05, 0) is 48.5 Å². The standard InChI is InChI=1S/C34H28O10/c35-25-26(36)28(42-32(38)22-15-7-2-8-16-22)30(44-34(40)24-19-11-4-12-20-24)29(43-33(39)23-17-9-3-10-18-23)27(25)41-31(37)21-13-5-1-6-14-21/h1-20,25-30,35-36H/t25-,26+,27-,28-,29+,30-/m1/s1. The fraction of sp³-hybridized carbons (Fsp3) is 0.176. The first kappa shape index (κ1) is 30.1. The van der Waals surface area contributed by atoms with E-state index in [1.165, 1.54) is 48.5 Å². The molecule has 1 saturated carbocycles. The largest absolute Gasteiger partial charge is 0.452 e. The van der Waals surface area contributed by atoms with Crippen LogP contribution in [0.3, 0.4) is 0 Å². The Labute approximate surface area is 252 Å². The van der Waals surface area contributed by atoms with Crippen LogP contribution in [0.15, 0.2) is 121 Å². The summed E-state index contributed by atoms with van der Waals surface area (Å²) in [6, 6.07) is 31.3. The molecule has 0 unspecified atom stereocenters. The first-order valence-electron chi connectivity index (χ1n) is 13.7. The summed E-state index contributed by atoms with van der Waals surface area (Å²) in [5, 5.41) is 22.5. The van der Waals surface area contributed by atoms with Crippen LogP contribution in [0.1, 0.15) is 41.4 Å². The van der Waals surface area contributed by atoms with Gasteiger partial charge in [0.15, 0.2) is 24.4 Å². The van der Waals surface area contributed by atoms with Crippen molar-refractivity contribution in [3.05, 3.63) is 144 Å². The second kappa shape index (κ2) is 13.8. The monoisotopic (exact) mass is 596 g/mol. The zero-order chi connectivity index (χ0) is 31.1. The predicted molar refractivity (Wildman–Crippen MR) is 155 cm³/mol. The fourth-order valence-corrected chi connectivity index (χ4v) is 4.76. The Bertz CT molecular complexity index is 1460. The van der Waals surface area contributed by atoms with Gasteiger partial charge >= 0.3 is 23.9 Å². The molecule has 0 saturated heterocycles. The van der Waals surface area contributed by atoms with Crippen molar-refractivity contribution in [1.29, 1.82) is 0 Å². The van der Waals surface area contributed by atoms with Crippen molar-refractivity contribution in [3.8, 4) is 0 Å². The van der Waals surface area contributed by atoms with Gasteiger partial charge in [-0.2, -0.15) is 0 Å². The minimum absolute atomic E-state index is 0.104. The minimum atomic E-state index is -1.93. The Balaban J connectivity index is 1.55. The number of benzene rings is 4. The number of rotatable bonds is 8. The molecule has 10 nitrogen and oxygen atoms in total. The van der Waals surface area contributed by atoms with Crippen LogP contribution >= 0.6 is 0 Å². The number of carbonyl (C=O) groups is 4. The van der Waals surface area contributed by atoms with E-state index in [-0.39, 0.29) is 22.3 Å². The summed E-state index contributed by atoms with van der Waals surface area (Å²) >= 11 is 0. The predicted octanol–water partition coefficient (Wildman–Crippen LogP) is 3.62. The third-order valence-electron chi connectivity index (χ3n) is 7.00. The number of ether oxygens (including phenoxy) is 4. The summed E-state index contributed by atoms with van der Waals surface area (Å²) in [6.45, 7) is 0. The maximum absolute atomic E-state index is 13.3. The van der Waals surface area contributed by atoms with Crippen LogP contribution in [-0.4, -0.2) is 70.7 Å². The molecule has 224 valence electrons. The summed E-state index contributed by atoms with van der Waals surface area (Å²) in [5.74, 6) is -3.63. The Morgan fingerprint density at radius 2 is 0.568 bits per heavy atom. The van der Waals surface area contributed by atoms with E-state index in [1.54, 1.807) is 72.8 Å². The van der Waals surface area contributed by atoms with Gasteiger partial charge in [-0.1, -0.05) is 72.8 Å². The second-order valence-corrected chi connectivity index (χ2v) is 9.92. The molecule has 0 spiro atoms. The molecule has 2 N–H and O–H groups in total. The number of aliphatic hydroxyl groups excluding tert-OH is 2. The topological polar surface area (TPSA) is 146 Å². The molecule has 6 atom stereocenters. The SMILES string of the molecule is O=C(O[C@@H]1[C@H](OC(=O)c2ccccc2)[C@H](OC(=O)c2ccccc2)[C@@H](O)[C@@H](O)[C@H]1OC(=O)c1ccccc1)c1ccccc1. The van der Waals surface area contributed by atoms with Crippen LogP contribution in [0, 0.1) is 0 Å². The average molecular weight is 597 g/mol. The van der Waals surface area contributed by atoms with Gasteiger partial charge in [0.25, 0.3) is 0 Å². The van der Waals surface area contributed by atoms with Gasteiger partial charge in [-0.15, -0.1) is 0 Å². The van der Waals surface area contributed by atoms with Crippen LogP contribution in [0.2, 0.25) is 0 Å². The fourth-order valence-electron chi connectivity index (χ4n) is 4.76. The van der Waals surface area contributed by atoms with Crippen molar-refractivity contribution < 1.29 is 48.3 Å². The lowest BCUT2D eigenvalue weighted by Crippen LogP contribution is -2.67. The van der Waals surface area contributed by atoms with Crippen molar-refractivity contribution in [1.82, 2.24) is 0 Å². The Hall–Kier alpha value is -5.32. The molecule has 0 bridgehead atoms. The second-order valence-electron chi connectivity index (χ2n) is 9.92. The molecular weight excluding hydrogens is 568 g/mol. The molecule has 1 aliphatic carbocycles. The zero-order valence-electron chi connectivity index (χ0n) is 23.2. The van der Waals surface area contributed by atoms with Gasteiger partial charge in [0.1, 0.15) is 12.2 Å². The van der Waals surface area contributed by atoms with Gasteiger partial charge in [0, 0.05) is 0 Å². The summed E-state index contributed by atoms with van der Waals surface area (Å²) in [5.41, 5.74) is 0.426. The highest BCUT2D eigenvalue weighted by Gasteiger charge is 2.57. The van der Waals surface area contributed by atoms with Crippen molar-refractivity contribution in [2.45, 2.75) is 36.6 Å². The number of carbonyl (C=O) groups excluding carboxylic acids is 4. The number of esters is 4. The first-order chi connectivity index (χ1) is 21.3. The lowest BCUT2D eigenvalue weighted by molar-refractivity contribution is -0.223. The Kier molecular flexibility index (Phi) is 9.43. The van der Waals surface area contributed by atoms with E-state index < -0.39 is 60.5 Å². The van der Waals surface area contributed by atoms with Crippen molar-refractivity contribution >= 4 is 23.9 Å². The smallest absolute Gasteiger partial charge is 0.338 e. The van der Waals surface area contributed by atoms with Crippen molar-refractivity contribution in [3.63, 3.8) is 0 Å². The van der Waals surface area contributed by atoms with Crippen LogP contribution in [0.4, 0.5) is 0 Å². The zero-order valence-corrected chi connectivity index (χ0v) is 23.2. The van der Waals surface area contributed by atoms with Crippen LogP contribution < -0.4 is 0 Å². The highest BCUT2D eigenvalue weighted by molar-refractivity contribution is 5.92. The maximum Gasteiger partial charge on any atom is 0.338 e. The molecule has 5 rings (SSSR count). The molecule has 1 aliphatic rings. The number of aliphatic hydroxyl groups is 2. The third-order valence-corrected chi connectivity index (χ3v) is 7.00. The minimum Gasteiger partial charge on any atom is -0.452 e. The number of hydrogen-bond acceptors (Lipinski definition) is 10. The highest BCUT2D eigenvalue weighted by Crippen LogP contribution is 2.33. The lowest BCUT2D eigenvalue weighted by atomic mass is 9.84. The van der Waals surface area contributed by atoms with Gasteiger partial charge < -0.3 is 29.2 Å². The first-order valence-corrected chi connectivity index (χ1v) is 13.7. The van der Waals surface area contributed by atoms with E-state index >= 15 is 0 Å². The van der Waals surface area contributed by atoms with E-state index in [9.17, 15) is 29.4 Å². The molecule has 4 aromatic carbocycles. The molecule has 0 aliphatic heterocycles. The average Bonchev–Trinajstić information content (AvgIpc) is 3.08. The van der Waals surface area contributed by atoms with E-state index in [4.69, 9.17) is 18.9 Å². The summed E-state index contributed by atoms with van der Waals surface area (Å²) in [7, 11) is 0. The highest BCUT2D eigenvalue weighted by atomic mass is 16.6. The van der Waals surface area contributed by atoms with E-state index in [0.717, 1.165) is 0 Å². The molecular formula is C34H28O10. The number of hydrogen-bond donors (Lipinski definition) is 2. The van der Waals surface area contributed by atoms with E-state index in [1.807, 2.05) is 0 Å². The molecule has 0 heterocycles. The van der Waals surface area contributed by atoms with E-state index in [0.29, 0.717) is 0 Å². The third kappa shape index (κ3) is 6.83.